The molecule has 0 fully saturated rings. The van der Waals surface area contributed by atoms with E-state index >= 15 is 0 Å². The van der Waals surface area contributed by atoms with Gasteiger partial charge in [-0.15, -0.1) is 0 Å². The molecule has 0 saturated heterocycles. The van der Waals surface area contributed by atoms with Crippen LogP contribution in [0.4, 0.5) is 5.69 Å². The Morgan fingerprint density at radius 1 is 1.33 bits per heavy atom. The first-order valence-electron chi connectivity index (χ1n) is 7.69. The average Bonchev–Trinajstić information content (AvgIpc) is 2.97. The molecule has 1 unspecified atom stereocenters. The van der Waals surface area contributed by atoms with Crippen LogP contribution >= 0.6 is 11.6 Å². The van der Waals surface area contributed by atoms with Crippen molar-refractivity contribution >= 4 is 28.2 Å². The fraction of sp³-hybridized carbons (Fsp3) is 0.235. The van der Waals surface area contributed by atoms with E-state index in [-0.39, 0.29) is 11.7 Å². The Kier molecular flexibility index (Phi) is 4.51. The van der Waals surface area contributed by atoms with Crippen molar-refractivity contribution in [2.45, 2.75) is 25.8 Å². The minimum absolute atomic E-state index is 0.0462. The molecule has 0 saturated carbocycles. The molecule has 1 aromatic heterocycles. The minimum atomic E-state index is -0.424. The molecule has 0 spiro atoms. The third-order valence-electron chi connectivity index (χ3n) is 4.03. The zero-order valence-corrected chi connectivity index (χ0v) is 13.9. The van der Waals surface area contributed by atoms with Gasteiger partial charge >= 0.3 is 0 Å². The Morgan fingerprint density at radius 3 is 2.67 bits per heavy atom. The van der Waals surface area contributed by atoms with Gasteiger partial charge in [-0.05, 0) is 36.2 Å². The number of halogens is 1. The number of nitro benzene ring substituents is 1. The largest absolute Gasteiger partial charge is 0.323 e. The Balaban J connectivity index is 2.09. The summed E-state index contributed by atoms with van der Waals surface area (Å²) in [6.45, 7) is 2.08. The van der Waals surface area contributed by atoms with Gasteiger partial charge in [0.15, 0.2) is 0 Å². The predicted octanol–water partition coefficient (Wildman–Crippen LogP) is 4.59. The summed E-state index contributed by atoms with van der Waals surface area (Å²) in [7, 11) is 0. The lowest BCUT2D eigenvalue weighted by Gasteiger charge is -2.10. The minimum Gasteiger partial charge on any atom is -0.323 e. The van der Waals surface area contributed by atoms with Crippen molar-refractivity contribution in [1.29, 1.82) is 0 Å². The van der Waals surface area contributed by atoms with Crippen molar-refractivity contribution in [3.8, 4) is 11.1 Å². The molecule has 0 bridgehead atoms. The van der Waals surface area contributed by atoms with E-state index < -0.39 is 4.92 Å². The number of aromatic nitrogens is 2. The summed E-state index contributed by atoms with van der Waals surface area (Å²) < 4.78 is 0. The van der Waals surface area contributed by atoms with Crippen molar-refractivity contribution in [2.75, 3.05) is 0 Å². The number of fused-ring (bicyclic) bond motifs is 1. The Labute approximate surface area is 143 Å². The van der Waals surface area contributed by atoms with Gasteiger partial charge in [0.1, 0.15) is 0 Å². The number of nitro groups is 1. The molecule has 124 valence electrons. The van der Waals surface area contributed by atoms with E-state index in [0.717, 1.165) is 40.6 Å². The van der Waals surface area contributed by atoms with Crippen molar-refractivity contribution in [2.24, 2.45) is 5.73 Å². The number of nitrogens with zero attached hydrogens (tertiary/aromatic N) is 2. The van der Waals surface area contributed by atoms with Crippen LogP contribution in [-0.2, 0) is 0 Å². The Hall–Kier alpha value is -2.44. The molecular weight excluding hydrogens is 328 g/mol. The zero-order chi connectivity index (χ0) is 17.3. The first-order valence-corrected chi connectivity index (χ1v) is 8.07. The van der Waals surface area contributed by atoms with Crippen LogP contribution in [0.1, 0.15) is 31.5 Å². The predicted molar refractivity (Wildman–Crippen MR) is 95.0 cm³/mol. The van der Waals surface area contributed by atoms with Crippen LogP contribution in [0.25, 0.3) is 22.0 Å². The lowest BCUT2D eigenvalue weighted by Crippen LogP contribution is -2.10. The molecule has 2 aromatic carbocycles. The molecule has 3 aromatic rings. The smallest absolute Gasteiger partial charge is 0.269 e. The normalized spacial score (nSPS) is 12.5. The molecule has 3 rings (SSSR count). The average molecular weight is 345 g/mol. The fourth-order valence-electron chi connectivity index (χ4n) is 2.77. The number of H-pyrrole nitrogens is 1. The monoisotopic (exact) mass is 344 g/mol. The topological polar surface area (TPSA) is 97.8 Å². The van der Waals surface area contributed by atoms with E-state index in [1.165, 1.54) is 12.1 Å². The second-order valence-electron chi connectivity index (χ2n) is 5.69. The van der Waals surface area contributed by atoms with Gasteiger partial charge in [0.25, 0.3) is 5.69 Å². The third-order valence-corrected chi connectivity index (χ3v) is 4.34. The lowest BCUT2D eigenvalue weighted by molar-refractivity contribution is -0.384. The summed E-state index contributed by atoms with van der Waals surface area (Å²) in [5.41, 5.74) is 9.51. The van der Waals surface area contributed by atoms with Crippen LogP contribution in [0, 0.1) is 10.1 Å². The van der Waals surface area contributed by atoms with Gasteiger partial charge in [0.2, 0.25) is 0 Å². The molecule has 7 heteroatoms. The van der Waals surface area contributed by atoms with Gasteiger partial charge in [0, 0.05) is 29.1 Å². The summed E-state index contributed by atoms with van der Waals surface area (Å²) >= 11 is 6.37. The summed E-state index contributed by atoms with van der Waals surface area (Å²) in [5, 5.41) is 19.5. The highest BCUT2D eigenvalue weighted by Gasteiger charge is 2.16. The molecule has 6 nitrogen and oxygen atoms in total. The maximum Gasteiger partial charge on any atom is 0.269 e. The number of nitrogens with one attached hydrogen (secondary N) is 1. The summed E-state index contributed by atoms with van der Waals surface area (Å²) in [6.07, 6.45) is 1.83. The zero-order valence-electron chi connectivity index (χ0n) is 13.1. The van der Waals surface area contributed by atoms with E-state index in [2.05, 4.69) is 17.1 Å². The summed E-state index contributed by atoms with van der Waals surface area (Å²) in [6, 6.07) is 9.92. The van der Waals surface area contributed by atoms with E-state index in [1.54, 1.807) is 18.2 Å². The van der Waals surface area contributed by atoms with Crippen molar-refractivity contribution < 1.29 is 4.92 Å². The van der Waals surface area contributed by atoms with Gasteiger partial charge in [-0.1, -0.05) is 24.9 Å². The highest BCUT2D eigenvalue weighted by atomic mass is 35.5. The summed E-state index contributed by atoms with van der Waals surface area (Å²) in [5.74, 6) is 0. The maximum absolute atomic E-state index is 10.8. The quantitative estimate of drug-likeness (QED) is 0.522. The van der Waals surface area contributed by atoms with Gasteiger partial charge < -0.3 is 5.73 Å². The number of hydrogen-bond acceptors (Lipinski definition) is 4. The fourth-order valence-corrected chi connectivity index (χ4v) is 3.04. The van der Waals surface area contributed by atoms with Crippen LogP contribution in [0.3, 0.4) is 0 Å². The molecule has 0 radical (unpaired) electrons. The molecule has 24 heavy (non-hydrogen) atoms. The van der Waals surface area contributed by atoms with E-state index in [9.17, 15) is 10.1 Å². The summed E-state index contributed by atoms with van der Waals surface area (Å²) in [4.78, 5) is 10.4. The number of non-ortho nitro benzene ring substituents is 1. The van der Waals surface area contributed by atoms with Crippen molar-refractivity contribution in [3.05, 3.63) is 57.2 Å². The van der Waals surface area contributed by atoms with Crippen LogP contribution in [-0.4, -0.2) is 15.1 Å². The lowest BCUT2D eigenvalue weighted by atomic mass is 10.00. The van der Waals surface area contributed by atoms with Gasteiger partial charge in [0.05, 0.1) is 21.2 Å². The van der Waals surface area contributed by atoms with E-state index in [0.29, 0.717) is 5.02 Å². The number of aromatic amines is 1. The first-order chi connectivity index (χ1) is 11.5. The van der Waals surface area contributed by atoms with Crippen LogP contribution in [0.15, 0.2) is 36.4 Å². The molecule has 0 aliphatic heterocycles. The number of nitrogens with two attached hydrogens (primary N) is 1. The number of rotatable bonds is 5. The number of hydrogen-bond donors (Lipinski definition) is 2. The first kappa shape index (κ1) is 16.4. The Bertz CT molecular complexity index is 889. The standard InChI is InChI=1S/C17H17ClN4O2/c1-2-3-15(19)17-13-8-12(14(18)9-16(13)20-21-17)10-4-6-11(7-5-10)22(23)24/h4-9,15H,2-3,19H2,1H3,(H,20,21). The van der Waals surface area contributed by atoms with Gasteiger partial charge in [-0.2, -0.15) is 5.10 Å². The van der Waals surface area contributed by atoms with Gasteiger partial charge in [-0.3, -0.25) is 15.2 Å². The second kappa shape index (κ2) is 6.59. The number of benzene rings is 2. The van der Waals surface area contributed by atoms with Crippen molar-refractivity contribution in [1.82, 2.24) is 10.2 Å². The molecule has 0 amide bonds. The van der Waals surface area contributed by atoms with E-state index in [4.69, 9.17) is 17.3 Å². The van der Waals surface area contributed by atoms with E-state index in [1.807, 2.05) is 6.07 Å². The highest BCUT2D eigenvalue weighted by molar-refractivity contribution is 6.34. The maximum atomic E-state index is 10.8. The molecule has 3 N–H and O–H groups in total. The Morgan fingerprint density at radius 2 is 2.04 bits per heavy atom. The van der Waals surface area contributed by atoms with Crippen LogP contribution in [0.5, 0.6) is 0 Å². The molecular formula is C17H17ClN4O2. The molecule has 1 heterocycles. The highest BCUT2D eigenvalue weighted by Crippen LogP contribution is 2.34. The molecule has 0 aliphatic carbocycles. The SMILES string of the molecule is CCCC(N)c1[nH]nc2cc(Cl)c(-c3ccc([N+](=O)[O-])cc3)cc12. The second-order valence-corrected chi connectivity index (χ2v) is 6.09. The van der Waals surface area contributed by atoms with Gasteiger partial charge in [-0.25, -0.2) is 0 Å². The van der Waals surface area contributed by atoms with Crippen LogP contribution in [0.2, 0.25) is 5.02 Å². The van der Waals surface area contributed by atoms with Crippen LogP contribution < -0.4 is 5.73 Å². The third kappa shape index (κ3) is 2.98. The van der Waals surface area contributed by atoms with Crippen molar-refractivity contribution in [3.63, 3.8) is 0 Å². The molecule has 1 atom stereocenters. The molecule has 0 aliphatic rings.